The van der Waals surface area contributed by atoms with Gasteiger partial charge in [-0.15, -0.1) is 23.1 Å². The predicted molar refractivity (Wildman–Crippen MR) is 158 cm³/mol. The summed E-state index contributed by atoms with van der Waals surface area (Å²) in [7, 11) is 0. The van der Waals surface area contributed by atoms with Gasteiger partial charge in [-0.1, -0.05) is 48.5 Å². The highest BCUT2D eigenvalue weighted by atomic mass is 32.2. The Morgan fingerprint density at radius 1 is 0.976 bits per heavy atom. The number of pyridine rings is 1. The number of amides is 3. The molecule has 9 nitrogen and oxygen atoms in total. The Bertz CT molecular complexity index is 1530. The molecule has 11 heteroatoms. The maximum absolute atomic E-state index is 13.5. The zero-order valence-electron chi connectivity index (χ0n) is 21.9. The lowest BCUT2D eigenvalue weighted by Gasteiger charge is -2.27. The van der Waals surface area contributed by atoms with E-state index in [0.717, 1.165) is 24.0 Å². The van der Waals surface area contributed by atoms with Crippen LogP contribution in [0, 0.1) is 0 Å². The van der Waals surface area contributed by atoms with Crippen LogP contribution in [0.25, 0.3) is 11.3 Å². The van der Waals surface area contributed by atoms with Crippen LogP contribution >= 0.6 is 23.1 Å². The van der Waals surface area contributed by atoms with Crippen molar-refractivity contribution >= 4 is 46.1 Å². The average molecular weight is 586 g/mol. The quantitative estimate of drug-likeness (QED) is 0.281. The maximum atomic E-state index is 13.5. The van der Waals surface area contributed by atoms with Crippen molar-refractivity contribution in [3.8, 4) is 11.3 Å². The van der Waals surface area contributed by atoms with Gasteiger partial charge in [0.1, 0.15) is 18.0 Å². The minimum atomic E-state index is -0.771. The van der Waals surface area contributed by atoms with E-state index < -0.39 is 17.5 Å². The highest BCUT2D eigenvalue weighted by molar-refractivity contribution is 7.99. The molecule has 1 saturated carbocycles. The van der Waals surface area contributed by atoms with Crippen molar-refractivity contribution < 1.29 is 19.1 Å². The summed E-state index contributed by atoms with van der Waals surface area (Å²) in [5.74, 6) is -0.0352. The van der Waals surface area contributed by atoms with Gasteiger partial charge in [-0.25, -0.2) is 9.78 Å². The molecular weight excluding hydrogens is 558 g/mol. The summed E-state index contributed by atoms with van der Waals surface area (Å²) in [4.78, 5) is 49.6. The first-order valence-corrected chi connectivity index (χ1v) is 15.2. The van der Waals surface area contributed by atoms with Gasteiger partial charge < -0.3 is 15.4 Å². The van der Waals surface area contributed by atoms with Crippen LogP contribution in [0.5, 0.6) is 0 Å². The third-order valence-electron chi connectivity index (χ3n) is 6.75. The number of ether oxygens (including phenoxy) is 1. The fraction of sp³-hybridized carbons (Fsp3) is 0.233. The number of nitrogens with one attached hydrogen (secondary N) is 2. The summed E-state index contributed by atoms with van der Waals surface area (Å²) >= 11 is 2.76. The van der Waals surface area contributed by atoms with E-state index in [1.54, 1.807) is 18.3 Å². The minimum Gasteiger partial charge on any atom is -0.444 e. The van der Waals surface area contributed by atoms with Gasteiger partial charge in [0.15, 0.2) is 5.13 Å². The third kappa shape index (κ3) is 6.41. The van der Waals surface area contributed by atoms with Crippen LogP contribution < -0.4 is 10.6 Å². The number of thioether (sulfide) groups is 1. The highest BCUT2D eigenvalue weighted by Crippen LogP contribution is 2.41. The van der Waals surface area contributed by atoms with Gasteiger partial charge in [0.2, 0.25) is 5.91 Å². The number of hydrogen-bond acceptors (Lipinski definition) is 8. The van der Waals surface area contributed by atoms with Gasteiger partial charge in [0, 0.05) is 34.5 Å². The number of aromatic nitrogens is 2. The molecule has 2 aromatic heterocycles. The molecule has 2 aromatic carbocycles. The second-order valence-electron chi connectivity index (χ2n) is 9.76. The summed E-state index contributed by atoms with van der Waals surface area (Å²) in [5.41, 5.74) is 3.66. The molecule has 4 aromatic rings. The summed E-state index contributed by atoms with van der Waals surface area (Å²) in [6.45, 7) is 0.0982. The molecule has 1 aliphatic carbocycles. The second kappa shape index (κ2) is 12.1. The number of carbonyl (C=O) groups excluding carboxylic acids is 3. The zero-order chi connectivity index (χ0) is 28.2. The molecular formula is C30H27N5O4S2. The van der Waals surface area contributed by atoms with E-state index in [4.69, 9.17) is 4.74 Å². The van der Waals surface area contributed by atoms with Crippen molar-refractivity contribution in [2.75, 3.05) is 11.1 Å². The molecule has 2 N–H and O–H groups in total. The standard InChI is InChI=1S/C30H27N5O4S2/c36-26(32-22-13-14-22)21-11-9-20(10-12-21)24-17-41-29(33-24)34-27(37)25-18-40-28(23-8-4-5-15-31-23)35(25)30(38)39-16-19-6-2-1-3-7-19/h1-12,15,17,22,25,28H,13-14,16,18H2,(H,32,36)(H,33,34,37)/t25?,28-/m1/s1. The van der Waals surface area contributed by atoms with Crippen molar-refractivity contribution in [2.45, 2.75) is 36.9 Å². The summed E-state index contributed by atoms with van der Waals surface area (Å²) in [5, 5.41) is 7.67. The maximum Gasteiger partial charge on any atom is 0.412 e. The number of thiazole rings is 1. The lowest BCUT2D eigenvalue weighted by molar-refractivity contribution is -0.120. The van der Waals surface area contributed by atoms with Crippen molar-refractivity contribution in [3.63, 3.8) is 0 Å². The topological polar surface area (TPSA) is 114 Å². The number of hydrogen-bond donors (Lipinski definition) is 2. The minimum absolute atomic E-state index is 0.0735. The average Bonchev–Trinajstić information content (AvgIpc) is 3.51. The molecule has 41 heavy (non-hydrogen) atoms. The second-order valence-corrected chi connectivity index (χ2v) is 11.7. The molecule has 2 atom stereocenters. The van der Waals surface area contributed by atoms with Crippen molar-refractivity contribution in [3.05, 3.63) is 101 Å². The van der Waals surface area contributed by atoms with Crippen molar-refractivity contribution in [1.82, 2.24) is 20.2 Å². The summed E-state index contributed by atoms with van der Waals surface area (Å²) < 4.78 is 5.63. The number of carbonyl (C=O) groups is 3. The van der Waals surface area contributed by atoms with Gasteiger partial charge in [0.05, 0.1) is 11.4 Å². The first-order valence-electron chi connectivity index (χ1n) is 13.2. The van der Waals surface area contributed by atoms with Gasteiger partial charge in [-0.3, -0.25) is 19.5 Å². The van der Waals surface area contributed by atoms with Gasteiger partial charge >= 0.3 is 6.09 Å². The third-order valence-corrected chi connectivity index (χ3v) is 8.80. The van der Waals surface area contributed by atoms with Crippen LogP contribution in [0.15, 0.2) is 84.4 Å². The molecule has 1 aliphatic heterocycles. The first-order chi connectivity index (χ1) is 20.0. The van der Waals surface area contributed by atoms with E-state index in [0.29, 0.717) is 33.9 Å². The van der Waals surface area contributed by atoms with Crippen molar-refractivity contribution in [1.29, 1.82) is 0 Å². The summed E-state index contributed by atoms with van der Waals surface area (Å²) in [6.07, 6.45) is 3.15. The van der Waals surface area contributed by atoms with Gasteiger partial charge in [-0.2, -0.15) is 0 Å². The lowest BCUT2D eigenvalue weighted by Crippen LogP contribution is -2.45. The van der Waals surface area contributed by atoms with E-state index in [1.165, 1.54) is 28.0 Å². The molecule has 1 unspecified atom stereocenters. The lowest BCUT2D eigenvalue weighted by atomic mass is 10.1. The summed E-state index contributed by atoms with van der Waals surface area (Å²) in [6, 6.07) is 21.7. The van der Waals surface area contributed by atoms with E-state index in [2.05, 4.69) is 20.6 Å². The monoisotopic (exact) mass is 585 g/mol. The fourth-order valence-electron chi connectivity index (χ4n) is 4.42. The van der Waals surface area contributed by atoms with Crippen LogP contribution in [0.1, 0.15) is 39.8 Å². The van der Waals surface area contributed by atoms with Crippen molar-refractivity contribution in [2.24, 2.45) is 0 Å². The number of benzene rings is 2. The molecule has 1 saturated heterocycles. The van der Waals surface area contributed by atoms with Gasteiger partial charge in [-0.05, 0) is 42.7 Å². The Labute approximate surface area is 245 Å². The molecule has 3 heterocycles. The number of rotatable bonds is 8. The fourth-order valence-corrected chi connectivity index (χ4v) is 6.52. The predicted octanol–water partition coefficient (Wildman–Crippen LogP) is 5.49. The first kappa shape index (κ1) is 27.0. The molecule has 2 aliphatic rings. The molecule has 3 amide bonds. The molecule has 208 valence electrons. The van der Waals surface area contributed by atoms with E-state index in [9.17, 15) is 14.4 Å². The highest BCUT2D eigenvalue weighted by Gasteiger charge is 2.44. The smallest absolute Gasteiger partial charge is 0.412 e. The van der Waals surface area contributed by atoms with Crippen LogP contribution in [0.4, 0.5) is 9.93 Å². The Balaban J connectivity index is 1.14. The Hall–Kier alpha value is -4.22. The molecule has 0 bridgehead atoms. The SMILES string of the molecule is O=C(NC1CC1)c1ccc(-c2csc(NC(=O)C3CS[C@H](c4ccccn4)N3C(=O)OCc3ccccc3)n2)cc1. The van der Waals surface area contributed by atoms with E-state index in [1.807, 2.05) is 66.0 Å². The number of nitrogens with zero attached hydrogens (tertiary/aromatic N) is 3. The van der Waals surface area contributed by atoms with Crippen LogP contribution in [0.3, 0.4) is 0 Å². The molecule has 6 rings (SSSR count). The van der Waals surface area contributed by atoms with E-state index in [-0.39, 0.29) is 18.4 Å². The molecule has 0 spiro atoms. The largest absolute Gasteiger partial charge is 0.444 e. The molecule has 0 radical (unpaired) electrons. The Kier molecular flexibility index (Phi) is 7.97. The van der Waals surface area contributed by atoms with Gasteiger partial charge in [0.25, 0.3) is 5.91 Å². The molecule has 2 fully saturated rings. The Morgan fingerprint density at radius 3 is 2.49 bits per heavy atom. The van der Waals surface area contributed by atoms with Crippen LogP contribution in [-0.4, -0.2) is 50.6 Å². The van der Waals surface area contributed by atoms with Crippen LogP contribution in [-0.2, 0) is 16.1 Å². The van der Waals surface area contributed by atoms with E-state index >= 15 is 0 Å². The normalized spacial score (nSPS) is 18.1. The number of anilines is 1. The Morgan fingerprint density at radius 2 is 1.76 bits per heavy atom. The van der Waals surface area contributed by atoms with Crippen LogP contribution in [0.2, 0.25) is 0 Å². The zero-order valence-corrected chi connectivity index (χ0v) is 23.6.